The summed E-state index contributed by atoms with van der Waals surface area (Å²) in [5, 5.41) is 13.2. The third-order valence-corrected chi connectivity index (χ3v) is 6.18. The molecule has 0 unspecified atom stereocenters. The molecule has 1 saturated carbocycles. The molecule has 2 atom stereocenters. The predicted molar refractivity (Wildman–Crippen MR) is 127 cm³/mol. The summed E-state index contributed by atoms with van der Waals surface area (Å²) >= 11 is 0. The van der Waals surface area contributed by atoms with Gasteiger partial charge in [-0.3, -0.25) is 9.78 Å². The number of hydrogen-bond acceptors (Lipinski definition) is 5. The molecule has 1 amide bonds. The van der Waals surface area contributed by atoms with Crippen LogP contribution in [0.15, 0.2) is 84.9 Å². The number of nitrogens with one attached hydrogen (secondary N) is 1. The molecular weight excluding hydrogens is 414 g/mol. The molecule has 1 aliphatic carbocycles. The topological polar surface area (TPSA) is 74.7 Å². The van der Waals surface area contributed by atoms with E-state index in [0.717, 1.165) is 41.8 Å². The molecule has 0 radical (unpaired) electrons. The number of pyridine rings is 1. The number of nitrogens with zero attached hydrogens (tertiary/aromatic N) is 2. The monoisotopic (exact) mass is 441 g/mol. The van der Waals surface area contributed by atoms with Gasteiger partial charge in [-0.25, -0.2) is 0 Å². The Bertz CT molecular complexity index is 1160. The Balaban J connectivity index is 1.40. The zero-order valence-corrected chi connectivity index (χ0v) is 18.4. The van der Waals surface area contributed by atoms with Crippen molar-refractivity contribution in [3.63, 3.8) is 0 Å². The van der Waals surface area contributed by atoms with E-state index in [1.807, 2.05) is 71.8 Å². The van der Waals surface area contributed by atoms with Crippen LogP contribution in [0.2, 0.25) is 0 Å². The largest absolute Gasteiger partial charge is 0.448 e. The molecule has 1 fully saturated rings. The van der Waals surface area contributed by atoms with Gasteiger partial charge in [-0.05, 0) is 42.7 Å². The molecule has 6 nitrogen and oxygen atoms in total. The fourth-order valence-electron chi connectivity index (χ4n) is 4.43. The summed E-state index contributed by atoms with van der Waals surface area (Å²) in [5.41, 5.74) is 3.93. The first-order valence-corrected chi connectivity index (χ1v) is 11.4. The highest BCUT2D eigenvalue weighted by atomic mass is 16.5. The van der Waals surface area contributed by atoms with Crippen LogP contribution in [0.1, 0.15) is 31.2 Å². The molecule has 2 aromatic carbocycles. The minimum Gasteiger partial charge on any atom is -0.448 e. The van der Waals surface area contributed by atoms with Gasteiger partial charge >= 0.3 is 0 Å². The molecule has 33 heavy (non-hydrogen) atoms. The molecule has 6 heteroatoms. The minimum atomic E-state index is -0.511. The average Bonchev–Trinajstić information content (AvgIpc) is 2.86. The molecule has 0 spiro atoms. The van der Waals surface area contributed by atoms with E-state index in [9.17, 15) is 9.90 Å². The van der Waals surface area contributed by atoms with E-state index in [4.69, 9.17) is 4.74 Å². The first-order chi connectivity index (χ1) is 16.2. The van der Waals surface area contributed by atoms with Crippen LogP contribution in [0.3, 0.4) is 0 Å². The van der Waals surface area contributed by atoms with Crippen molar-refractivity contribution in [1.82, 2.24) is 10.3 Å². The SMILES string of the molecule is O=C(N[C@H]1CCCC[C@@H]1O)C1=CN(Cc2ccnc(-c3ccccc3)c2)c2ccccc2O1. The smallest absolute Gasteiger partial charge is 0.288 e. The van der Waals surface area contributed by atoms with Crippen molar-refractivity contribution >= 4 is 11.6 Å². The van der Waals surface area contributed by atoms with E-state index in [1.165, 1.54) is 0 Å². The van der Waals surface area contributed by atoms with E-state index in [1.54, 1.807) is 6.20 Å². The van der Waals surface area contributed by atoms with Crippen LogP contribution >= 0.6 is 0 Å². The van der Waals surface area contributed by atoms with Gasteiger partial charge in [-0.1, -0.05) is 55.3 Å². The second-order valence-electron chi connectivity index (χ2n) is 8.54. The minimum absolute atomic E-state index is 0.226. The first kappa shape index (κ1) is 21.2. The van der Waals surface area contributed by atoms with E-state index < -0.39 is 6.10 Å². The number of fused-ring (bicyclic) bond motifs is 1. The highest BCUT2D eigenvalue weighted by molar-refractivity contribution is 5.93. The number of aromatic nitrogens is 1. The van der Waals surface area contributed by atoms with E-state index in [0.29, 0.717) is 18.7 Å². The van der Waals surface area contributed by atoms with Gasteiger partial charge in [0.05, 0.1) is 29.7 Å². The summed E-state index contributed by atoms with van der Waals surface area (Å²) in [5.74, 6) is 0.552. The summed E-state index contributed by atoms with van der Waals surface area (Å²) in [4.78, 5) is 19.5. The number of para-hydroxylation sites is 2. The number of rotatable bonds is 5. The second-order valence-corrected chi connectivity index (χ2v) is 8.54. The highest BCUT2D eigenvalue weighted by Gasteiger charge is 2.29. The maximum Gasteiger partial charge on any atom is 0.288 e. The standard InChI is InChI=1S/C27H27N3O3/c31-24-12-6-4-10-21(24)29-27(32)26-18-30(23-11-5-7-13-25(23)33-26)17-19-14-15-28-22(16-19)20-8-2-1-3-9-20/h1-3,5,7-9,11,13-16,18,21,24,31H,4,6,10,12,17H2,(H,29,32)/t21-,24-/m0/s1. The maximum atomic E-state index is 13.0. The number of hydrogen-bond donors (Lipinski definition) is 2. The van der Waals surface area contributed by atoms with Crippen LogP contribution in [0.4, 0.5) is 5.69 Å². The molecule has 2 heterocycles. The number of ether oxygens (including phenoxy) is 1. The quantitative estimate of drug-likeness (QED) is 0.614. The molecule has 1 aliphatic heterocycles. The number of anilines is 1. The Kier molecular flexibility index (Phi) is 6.09. The van der Waals surface area contributed by atoms with Gasteiger partial charge in [0.25, 0.3) is 5.91 Å². The van der Waals surface area contributed by atoms with Gasteiger partial charge in [0.2, 0.25) is 5.76 Å². The summed E-state index contributed by atoms with van der Waals surface area (Å²) in [7, 11) is 0. The Morgan fingerprint density at radius 2 is 1.85 bits per heavy atom. The van der Waals surface area contributed by atoms with Gasteiger partial charge in [0.1, 0.15) is 0 Å². The van der Waals surface area contributed by atoms with Crippen LogP contribution in [0.5, 0.6) is 5.75 Å². The molecule has 5 rings (SSSR count). The van der Waals surface area contributed by atoms with E-state index in [2.05, 4.69) is 16.4 Å². The van der Waals surface area contributed by atoms with Gasteiger partial charge in [0.15, 0.2) is 5.75 Å². The van der Waals surface area contributed by atoms with Crippen molar-refractivity contribution in [1.29, 1.82) is 0 Å². The average molecular weight is 442 g/mol. The van der Waals surface area contributed by atoms with Gasteiger partial charge < -0.3 is 20.1 Å². The molecule has 0 saturated heterocycles. The fraction of sp³-hybridized carbons (Fsp3) is 0.259. The first-order valence-electron chi connectivity index (χ1n) is 11.4. The van der Waals surface area contributed by atoms with Gasteiger partial charge in [0, 0.05) is 18.3 Å². The molecular formula is C27H27N3O3. The Morgan fingerprint density at radius 1 is 1.06 bits per heavy atom. The number of carbonyl (C=O) groups excluding carboxylic acids is 1. The molecule has 0 bridgehead atoms. The Labute approximate surface area is 193 Å². The maximum absolute atomic E-state index is 13.0. The highest BCUT2D eigenvalue weighted by Crippen LogP contribution is 2.35. The molecule has 168 valence electrons. The molecule has 3 aromatic rings. The van der Waals surface area contributed by atoms with Crippen LogP contribution < -0.4 is 15.0 Å². The summed E-state index contributed by atoms with van der Waals surface area (Å²) in [6, 6.07) is 21.6. The fourth-order valence-corrected chi connectivity index (χ4v) is 4.43. The van der Waals surface area contributed by atoms with Gasteiger partial charge in [-0.15, -0.1) is 0 Å². The van der Waals surface area contributed by atoms with Crippen molar-refractivity contribution < 1.29 is 14.6 Å². The number of amides is 1. The van der Waals surface area contributed by atoms with Crippen molar-refractivity contribution in [2.24, 2.45) is 0 Å². The van der Waals surface area contributed by atoms with Crippen LogP contribution in [-0.4, -0.2) is 28.1 Å². The Morgan fingerprint density at radius 3 is 2.70 bits per heavy atom. The third-order valence-electron chi connectivity index (χ3n) is 6.18. The Hall–Kier alpha value is -3.64. The van der Waals surface area contributed by atoms with Crippen LogP contribution in [0, 0.1) is 0 Å². The van der Waals surface area contributed by atoms with Crippen molar-refractivity contribution in [2.75, 3.05) is 4.90 Å². The normalized spacial score (nSPS) is 19.8. The van der Waals surface area contributed by atoms with Crippen LogP contribution in [0.25, 0.3) is 11.3 Å². The van der Waals surface area contributed by atoms with Crippen molar-refractivity contribution in [2.45, 2.75) is 44.4 Å². The van der Waals surface area contributed by atoms with Gasteiger partial charge in [-0.2, -0.15) is 0 Å². The third kappa shape index (κ3) is 4.76. The second kappa shape index (κ2) is 9.46. The number of carbonyl (C=O) groups is 1. The lowest BCUT2D eigenvalue weighted by Gasteiger charge is -2.31. The molecule has 2 aliphatic rings. The number of aliphatic hydroxyl groups is 1. The number of aliphatic hydroxyl groups excluding tert-OH is 1. The van der Waals surface area contributed by atoms with Crippen LogP contribution in [-0.2, 0) is 11.3 Å². The molecule has 2 N–H and O–H groups in total. The zero-order valence-electron chi connectivity index (χ0n) is 18.4. The summed E-state index contributed by atoms with van der Waals surface area (Å²) in [6.45, 7) is 0.561. The lowest BCUT2D eigenvalue weighted by Crippen LogP contribution is -2.46. The van der Waals surface area contributed by atoms with E-state index >= 15 is 0 Å². The predicted octanol–water partition coefficient (Wildman–Crippen LogP) is 4.41. The van der Waals surface area contributed by atoms with E-state index in [-0.39, 0.29) is 17.7 Å². The lowest BCUT2D eigenvalue weighted by molar-refractivity contribution is -0.121. The zero-order chi connectivity index (χ0) is 22.6. The number of benzene rings is 2. The summed E-state index contributed by atoms with van der Waals surface area (Å²) in [6.07, 6.45) is 6.53. The van der Waals surface area contributed by atoms with Crippen molar-refractivity contribution in [3.05, 3.63) is 90.4 Å². The summed E-state index contributed by atoms with van der Waals surface area (Å²) < 4.78 is 5.94. The lowest BCUT2D eigenvalue weighted by atomic mass is 9.92. The molecule has 1 aromatic heterocycles. The van der Waals surface area contributed by atoms with Crippen molar-refractivity contribution in [3.8, 4) is 17.0 Å².